The lowest BCUT2D eigenvalue weighted by atomic mass is 10.2. The van der Waals surface area contributed by atoms with E-state index in [9.17, 15) is 8.42 Å². The normalized spacial score (nSPS) is 11.4. The van der Waals surface area contributed by atoms with Gasteiger partial charge in [0, 0.05) is 20.7 Å². The number of ether oxygens (including phenoxy) is 1. The summed E-state index contributed by atoms with van der Waals surface area (Å²) in [6.07, 6.45) is 0. The molecule has 0 aliphatic carbocycles. The molecule has 0 N–H and O–H groups in total. The molecule has 0 aliphatic rings. The topological polar surface area (TPSA) is 43.4 Å². The second-order valence-corrected chi connectivity index (χ2v) is 8.27. The molecule has 0 radical (unpaired) electrons. The Morgan fingerprint density at radius 1 is 1.10 bits per heavy atom. The standard InChI is InChI=1S/C13H8BrCl3O3S/c14-10-4-2-1-3-8(10)7-20-13-11(15)5-9(6-12(13)16)21(17,18)19/h1-6H,7H2. The molecule has 0 aliphatic heterocycles. The molecule has 112 valence electrons. The number of hydrogen-bond donors (Lipinski definition) is 0. The summed E-state index contributed by atoms with van der Waals surface area (Å²) in [6.45, 7) is 0.230. The number of hydrogen-bond acceptors (Lipinski definition) is 3. The van der Waals surface area contributed by atoms with Gasteiger partial charge in [0.1, 0.15) is 6.61 Å². The molecule has 2 rings (SSSR count). The summed E-state index contributed by atoms with van der Waals surface area (Å²) in [6, 6.07) is 9.91. The zero-order chi connectivity index (χ0) is 15.6. The first-order valence-electron chi connectivity index (χ1n) is 5.59. The van der Waals surface area contributed by atoms with Crippen LogP contribution in [-0.4, -0.2) is 8.42 Å². The van der Waals surface area contributed by atoms with Gasteiger partial charge in [-0.1, -0.05) is 57.3 Å². The van der Waals surface area contributed by atoms with Gasteiger partial charge in [-0.2, -0.15) is 0 Å². The van der Waals surface area contributed by atoms with Crippen LogP contribution in [-0.2, 0) is 15.7 Å². The number of rotatable bonds is 4. The predicted molar refractivity (Wildman–Crippen MR) is 88.0 cm³/mol. The molecule has 0 spiro atoms. The molecule has 2 aromatic rings. The highest BCUT2D eigenvalue weighted by molar-refractivity contribution is 9.10. The van der Waals surface area contributed by atoms with Crippen LogP contribution in [0.1, 0.15) is 5.56 Å². The van der Waals surface area contributed by atoms with Crippen molar-refractivity contribution < 1.29 is 13.2 Å². The maximum atomic E-state index is 11.3. The molecule has 0 fully saturated rings. The quantitative estimate of drug-likeness (QED) is 0.621. The fourth-order valence-electron chi connectivity index (χ4n) is 1.58. The second kappa shape index (κ2) is 6.75. The molecular weight excluding hydrogens is 422 g/mol. The van der Waals surface area contributed by atoms with E-state index in [4.69, 9.17) is 38.6 Å². The Bertz CT molecular complexity index is 755. The van der Waals surface area contributed by atoms with Crippen LogP contribution in [0.4, 0.5) is 0 Å². The van der Waals surface area contributed by atoms with Gasteiger partial charge in [-0.3, -0.25) is 0 Å². The van der Waals surface area contributed by atoms with E-state index in [1.807, 2.05) is 24.3 Å². The highest BCUT2D eigenvalue weighted by Gasteiger charge is 2.17. The first kappa shape index (κ1) is 16.9. The monoisotopic (exact) mass is 428 g/mol. The lowest BCUT2D eigenvalue weighted by Gasteiger charge is -2.12. The second-order valence-electron chi connectivity index (χ2n) is 4.03. The summed E-state index contributed by atoms with van der Waals surface area (Å²) in [5, 5.41) is 0.155. The molecular formula is C13H8BrCl3O3S. The Labute approximate surface area is 145 Å². The number of halogens is 4. The molecule has 2 aromatic carbocycles. The smallest absolute Gasteiger partial charge is 0.261 e. The third-order valence-electron chi connectivity index (χ3n) is 2.58. The van der Waals surface area contributed by atoms with Gasteiger partial charge in [-0.05, 0) is 18.2 Å². The lowest BCUT2D eigenvalue weighted by Crippen LogP contribution is -1.99. The van der Waals surface area contributed by atoms with E-state index in [-0.39, 0.29) is 27.3 Å². The van der Waals surface area contributed by atoms with Crippen molar-refractivity contribution in [2.24, 2.45) is 0 Å². The minimum atomic E-state index is -3.90. The summed E-state index contributed by atoms with van der Waals surface area (Å²) in [7, 11) is 1.36. The molecule has 0 aromatic heterocycles. The number of benzene rings is 2. The molecule has 0 unspecified atom stereocenters. The minimum absolute atomic E-state index is 0.0776. The molecule has 21 heavy (non-hydrogen) atoms. The van der Waals surface area contributed by atoms with E-state index >= 15 is 0 Å². The zero-order valence-electron chi connectivity index (χ0n) is 10.3. The van der Waals surface area contributed by atoms with Crippen molar-refractivity contribution in [1.29, 1.82) is 0 Å². The zero-order valence-corrected chi connectivity index (χ0v) is 15.0. The van der Waals surface area contributed by atoms with Gasteiger partial charge >= 0.3 is 0 Å². The van der Waals surface area contributed by atoms with Crippen molar-refractivity contribution in [3.63, 3.8) is 0 Å². The van der Waals surface area contributed by atoms with Gasteiger partial charge in [-0.25, -0.2) is 8.42 Å². The average molecular weight is 431 g/mol. The molecule has 0 saturated heterocycles. The van der Waals surface area contributed by atoms with E-state index in [1.54, 1.807) is 0 Å². The van der Waals surface area contributed by atoms with Crippen LogP contribution in [0, 0.1) is 0 Å². The summed E-state index contributed by atoms with van der Waals surface area (Å²) >= 11 is 15.4. The van der Waals surface area contributed by atoms with E-state index < -0.39 is 9.05 Å². The maximum absolute atomic E-state index is 11.3. The van der Waals surface area contributed by atoms with E-state index in [2.05, 4.69) is 15.9 Å². The molecule has 3 nitrogen and oxygen atoms in total. The van der Waals surface area contributed by atoms with Gasteiger partial charge in [0.05, 0.1) is 14.9 Å². The summed E-state index contributed by atoms with van der Waals surface area (Å²) in [4.78, 5) is -0.174. The van der Waals surface area contributed by atoms with E-state index in [0.717, 1.165) is 10.0 Å². The van der Waals surface area contributed by atoms with Crippen LogP contribution in [0.2, 0.25) is 10.0 Å². The van der Waals surface area contributed by atoms with Gasteiger partial charge < -0.3 is 4.74 Å². The van der Waals surface area contributed by atoms with Crippen LogP contribution in [0.15, 0.2) is 45.8 Å². The largest absolute Gasteiger partial charge is 0.486 e. The Kier molecular flexibility index (Phi) is 5.43. The van der Waals surface area contributed by atoms with Gasteiger partial charge in [0.2, 0.25) is 0 Å². The van der Waals surface area contributed by atoms with Crippen molar-refractivity contribution in [1.82, 2.24) is 0 Å². The molecule has 0 saturated carbocycles. The first-order chi connectivity index (χ1) is 9.79. The van der Waals surface area contributed by atoms with Crippen LogP contribution in [0.5, 0.6) is 5.75 Å². The molecule has 0 heterocycles. The van der Waals surface area contributed by atoms with Gasteiger partial charge in [0.25, 0.3) is 9.05 Å². The fourth-order valence-corrected chi connectivity index (χ4v) is 3.49. The predicted octanol–water partition coefficient (Wildman–Crippen LogP) is 5.26. The third-order valence-corrected chi connectivity index (χ3v) is 5.25. The minimum Gasteiger partial charge on any atom is -0.486 e. The van der Waals surface area contributed by atoms with Gasteiger partial charge in [-0.15, -0.1) is 0 Å². The SMILES string of the molecule is O=S(=O)(Cl)c1cc(Cl)c(OCc2ccccc2Br)c(Cl)c1. The molecule has 8 heteroatoms. The van der Waals surface area contributed by atoms with Crippen molar-refractivity contribution in [3.05, 3.63) is 56.5 Å². The van der Waals surface area contributed by atoms with Crippen LogP contribution < -0.4 is 4.74 Å². The van der Waals surface area contributed by atoms with E-state index in [0.29, 0.717) is 0 Å². The fraction of sp³-hybridized carbons (Fsp3) is 0.0769. The highest BCUT2D eigenvalue weighted by Crippen LogP contribution is 2.37. The van der Waals surface area contributed by atoms with E-state index in [1.165, 1.54) is 12.1 Å². The van der Waals surface area contributed by atoms with Crippen LogP contribution in [0.25, 0.3) is 0 Å². The Morgan fingerprint density at radius 3 is 2.19 bits per heavy atom. The van der Waals surface area contributed by atoms with Crippen molar-refractivity contribution in [3.8, 4) is 5.75 Å². The molecule has 0 bridgehead atoms. The Balaban J connectivity index is 2.28. The Hall–Kier alpha value is -0.460. The third kappa shape index (κ3) is 4.27. The Morgan fingerprint density at radius 2 is 1.67 bits per heavy atom. The summed E-state index contributed by atoms with van der Waals surface area (Å²) in [5.74, 6) is 0.207. The molecule has 0 atom stereocenters. The molecule has 0 amide bonds. The van der Waals surface area contributed by atoms with Crippen molar-refractivity contribution >= 4 is 58.9 Å². The van der Waals surface area contributed by atoms with Gasteiger partial charge in [0.15, 0.2) is 5.75 Å². The summed E-state index contributed by atoms with van der Waals surface area (Å²) < 4.78 is 29.0. The van der Waals surface area contributed by atoms with Crippen molar-refractivity contribution in [2.75, 3.05) is 0 Å². The maximum Gasteiger partial charge on any atom is 0.261 e. The first-order valence-corrected chi connectivity index (χ1v) is 9.45. The lowest BCUT2D eigenvalue weighted by molar-refractivity contribution is 0.305. The summed E-state index contributed by atoms with van der Waals surface area (Å²) in [5.41, 5.74) is 0.902. The van der Waals surface area contributed by atoms with Crippen LogP contribution >= 0.6 is 49.8 Å². The van der Waals surface area contributed by atoms with Crippen molar-refractivity contribution in [2.45, 2.75) is 11.5 Å². The average Bonchev–Trinajstić information content (AvgIpc) is 2.38. The van der Waals surface area contributed by atoms with Crippen LogP contribution in [0.3, 0.4) is 0 Å². The highest BCUT2D eigenvalue weighted by atomic mass is 79.9.